The molecule has 0 saturated carbocycles. The number of amides is 2. The number of nitrogens with one attached hydrogen (secondary N) is 1. The number of ether oxygens (including phenoxy) is 1. The minimum atomic E-state index is -0.403. The fraction of sp³-hybridized carbons (Fsp3) is 0.238. The number of thioether (sulfide) groups is 1. The molecular weight excluding hydrogens is 431 g/mol. The molecule has 0 aromatic heterocycles. The topological polar surface area (TPSA) is 58.6 Å². The van der Waals surface area contributed by atoms with Gasteiger partial charge in [0, 0.05) is 46.0 Å². The first kappa shape index (κ1) is 21.6. The van der Waals surface area contributed by atoms with Gasteiger partial charge in [-0.05, 0) is 56.0 Å². The number of nitrogens with zero attached hydrogens (tertiary/aromatic N) is 1. The molecule has 3 rings (SSSR count). The van der Waals surface area contributed by atoms with E-state index in [1.165, 1.54) is 0 Å². The summed E-state index contributed by atoms with van der Waals surface area (Å²) in [5.74, 6) is 0.195. The first-order valence-electron chi connectivity index (χ1n) is 9.11. The highest BCUT2D eigenvalue weighted by Crippen LogP contribution is 2.33. The lowest BCUT2D eigenvalue weighted by molar-refractivity contribution is -0.115. The number of carbonyl (C=O) groups is 2. The molecular formula is C21H20Cl2N2O3S. The minimum absolute atomic E-state index is 0.242. The van der Waals surface area contributed by atoms with Crippen molar-refractivity contribution < 1.29 is 14.3 Å². The van der Waals surface area contributed by atoms with Gasteiger partial charge in [0.1, 0.15) is 12.4 Å². The summed E-state index contributed by atoms with van der Waals surface area (Å²) in [5.41, 5.74) is 2.51. The maximum absolute atomic E-state index is 11.9. The maximum atomic E-state index is 11.9. The smallest absolute Gasteiger partial charge is 0.290 e. The van der Waals surface area contributed by atoms with Gasteiger partial charge in [-0.3, -0.25) is 14.9 Å². The second kappa shape index (κ2) is 9.57. The average molecular weight is 451 g/mol. The molecule has 29 heavy (non-hydrogen) atoms. The molecule has 1 saturated heterocycles. The van der Waals surface area contributed by atoms with Gasteiger partial charge in [0.05, 0.1) is 4.91 Å². The predicted molar refractivity (Wildman–Crippen MR) is 120 cm³/mol. The Balaban J connectivity index is 1.94. The van der Waals surface area contributed by atoms with Crippen LogP contribution in [0.25, 0.3) is 6.08 Å². The Bertz CT molecular complexity index is 974. The van der Waals surface area contributed by atoms with Gasteiger partial charge in [-0.1, -0.05) is 29.3 Å². The Hall–Kier alpha value is -2.15. The molecule has 1 aliphatic rings. The Morgan fingerprint density at radius 2 is 1.86 bits per heavy atom. The lowest BCUT2D eigenvalue weighted by Crippen LogP contribution is -2.21. The number of imide groups is 1. The Labute approximate surface area is 184 Å². The van der Waals surface area contributed by atoms with Crippen LogP contribution in [0.5, 0.6) is 5.75 Å². The van der Waals surface area contributed by atoms with E-state index in [4.69, 9.17) is 27.9 Å². The molecule has 1 fully saturated rings. The van der Waals surface area contributed by atoms with Crippen molar-refractivity contribution in [1.82, 2.24) is 5.32 Å². The number of rotatable bonds is 7. The van der Waals surface area contributed by atoms with Crippen LogP contribution in [-0.2, 0) is 11.4 Å². The van der Waals surface area contributed by atoms with Gasteiger partial charge in [0.2, 0.25) is 0 Å². The molecule has 0 bridgehead atoms. The van der Waals surface area contributed by atoms with Gasteiger partial charge in [-0.25, -0.2) is 0 Å². The van der Waals surface area contributed by atoms with Crippen molar-refractivity contribution in [1.29, 1.82) is 0 Å². The van der Waals surface area contributed by atoms with Crippen LogP contribution in [0.3, 0.4) is 0 Å². The van der Waals surface area contributed by atoms with Crippen LogP contribution in [0.1, 0.15) is 25.0 Å². The zero-order chi connectivity index (χ0) is 21.0. The van der Waals surface area contributed by atoms with E-state index in [0.717, 1.165) is 36.1 Å². The first-order chi connectivity index (χ1) is 13.9. The molecule has 1 N–H and O–H groups in total. The molecule has 0 unspecified atom stereocenters. The second-order valence-electron chi connectivity index (χ2n) is 6.27. The standard InChI is InChI=1S/C21H20Cl2N2O3S/c1-3-25(4-2)16-8-6-13(9-19-20(26)24-21(27)29-19)18(11-16)28-12-14-5-7-15(22)10-17(14)23/h5-11H,3-4,12H2,1-2H3,(H,24,26,27)/b19-9-. The summed E-state index contributed by atoms with van der Waals surface area (Å²) in [6.07, 6.45) is 1.66. The number of halogens is 2. The van der Waals surface area contributed by atoms with E-state index in [1.54, 1.807) is 18.2 Å². The highest BCUT2D eigenvalue weighted by atomic mass is 35.5. The zero-order valence-electron chi connectivity index (χ0n) is 16.0. The molecule has 0 aliphatic carbocycles. The molecule has 5 nitrogen and oxygen atoms in total. The number of hydrogen-bond acceptors (Lipinski definition) is 5. The normalized spacial score (nSPS) is 15.0. The van der Waals surface area contributed by atoms with Gasteiger partial charge in [-0.15, -0.1) is 0 Å². The molecule has 2 aromatic rings. The lowest BCUT2D eigenvalue weighted by atomic mass is 10.1. The molecule has 1 aliphatic heterocycles. The van der Waals surface area contributed by atoms with Gasteiger partial charge in [0.25, 0.3) is 11.1 Å². The Morgan fingerprint density at radius 3 is 2.48 bits per heavy atom. The molecule has 152 valence electrons. The highest BCUT2D eigenvalue weighted by molar-refractivity contribution is 8.18. The van der Waals surface area contributed by atoms with Crippen LogP contribution in [0.2, 0.25) is 10.0 Å². The molecule has 0 radical (unpaired) electrons. The summed E-state index contributed by atoms with van der Waals surface area (Å²) in [7, 11) is 0. The Morgan fingerprint density at radius 1 is 1.10 bits per heavy atom. The van der Waals surface area contributed by atoms with Gasteiger partial charge >= 0.3 is 0 Å². The van der Waals surface area contributed by atoms with Gasteiger partial charge in [0.15, 0.2) is 0 Å². The van der Waals surface area contributed by atoms with E-state index in [0.29, 0.717) is 26.3 Å². The van der Waals surface area contributed by atoms with Crippen LogP contribution in [-0.4, -0.2) is 24.2 Å². The summed E-state index contributed by atoms with van der Waals surface area (Å²) < 4.78 is 6.07. The number of hydrogen-bond donors (Lipinski definition) is 1. The minimum Gasteiger partial charge on any atom is -0.488 e. The van der Waals surface area contributed by atoms with E-state index in [1.807, 2.05) is 24.3 Å². The molecule has 1 heterocycles. The van der Waals surface area contributed by atoms with E-state index >= 15 is 0 Å². The van der Waals surface area contributed by atoms with E-state index < -0.39 is 5.91 Å². The fourth-order valence-corrected chi connectivity index (χ4v) is 4.05. The van der Waals surface area contributed by atoms with Crippen LogP contribution in [0.4, 0.5) is 10.5 Å². The zero-order valence-corrected chi connectivity index (χ0v) is 18.3. The van der Waals surface area contributed by atoms with Crippen LogP contribution in [0, 0.1) is 0 Å². The van der Waals surface area contributed by atoms with Crippen molar-refractivity contribution in [3.05, 3.63) is 62.5 Å². The van der Waals surface area contributed by atoms with Crippen molar-refractivity contribution in [3.8, 4) is 5.75 Å². The predicted octanol–water partition coefficient (Wildman–Crippen LogP) is 5.74. The molecule has 0 atom stereocenters. The third-order valence-corrected chi connectivity index (χ3v) is 5.85. The summed E-state index contributed by atoms with van der Waals surface area (Å²) in [6, 6.07) is 11.0. The average Bonchev–Trinajstić information content (AvgIpc) is 3.00. The number of anilines is 1. The monoisotopic (exact) mass is 450 g/mol. The van der Waals surface area contributed by atoms with Crippen LogP contribution >= 0.6 is 35.0 Å². The summed E-state index contributed by atoms with van der Waals surface area (Å²) >= 11 is 13.1. The third-order valence-electron chi connectivity index (χ3n) is 4.45. The van der Waals surface area contributed by atoms with E-state index in [-0.39, 0.29) is 11.8 Å². The van der Waals surface area contributed by atoms with Crippen LogP contribution < -0.4 is 15.0 Å². The Kier molecular flexibility index (Phi) is 7.11. The second-order valence-corrected chi connectivity index (χ2v) is 8.13. The quantitative estimate of drug-likeness (QED) is 0.544. The molecule has 0 spiro atoms. The number of carbonyl (C=O) groups excluding carboxylic acids is 2. The van der Waals surface area contributed by atoms with Crippen molar-refractivity contribution >= 4 is 57.9 Å². The van der Waals surface area contributed by atoms with E-state index in [2.05, 4.69) is 24.1 Å². The summed E-state index contributed by atoms with van der Waals surface area (Å²) in [6.45, 7) is 6.11. The van der Waals surface area contributed by atoms with Crippen molar-refractivity contribution in [2.24, 2.45) is 0 Å². The molecule has 2 aromatic carbocycles. The third kappa shape index (κ3) is 5.26. The lowest BCUT2D eigenvalue weighted by Gasteiger charge is -2.22. The fourth-order valence-electron chi connectivity index (χ4n) is 2.91. The summed E-state index contributed by atoms with van der Waals surface area (Å²) in [5, 5.41) is 2.96. The van der Waals surface area contributed by atoms with Crippen molar-refractivity contribution in [2.75, 3.05) is 18.0 Å². The first-order valence-corrected chi connectivity index (χ1v) is 10.7. The highest BCUT2D eigenvalue weighted by Gasteiger charge is 2.25. The largest absolute Gasteiger partial charge is 0.488 e. The molecule has 8 heteroatoms. The summed E-state index contributed by atoms with van der Waals surface area (Å²) in [4.78, 5) is 25.9. The SMILES string of the molecule is CCN(CC)c1ccc(/C=C2\SC(=O)NC2=O)c(OCc2ccc(Cl)cc2Cl)c1. The number of benzene rings is 2. The van der Waals surface area contributed by atoms with Crippen molar-refractivity contribution in [2.45, 2.75) is 20.5 Å². The molecule has 2 amide bonds. The van der Waals surface area contributed by atoms with E-state index in [9.17, 15) is 9.59 Å². The van der Waals surface area contributed by atoms with Crippen molar-refractivity contribution in [3.63, 3.8) is 0 Å². The van der Waals surface area contributed by atoms with Gasteiger partial charge < -0.3 is 9.64 Å². The van der Waals surface area contributed by atoms with Crippen LogP contribution in [0.15, 0.2) is 41.3 Å². The van der Waals surface area contributed by atoms with Gasteiger partial charge in [-0.2, -0.15) is 0 Å². The maximum Gasteiger partial charge on any atom is 0.290 e.